The maximum absolute atomic E-state index is 13.9. The molecule has 0 fully saturated rings. The summed E-state index contributed by atoms with van der Waals surface area (Å²) in [5.74, 6) is 0. The summed E-state index contributed by atoms with van der Waals surface area (Å²) >= 11 is 0. The predicted molar refractivity (Wildman–Crippen MR) is 69.3 cm³/mol. The Kier molecular flexibility index (Phi) is 9.06. The Bertz CT molecular complexity index is 505. The van der Waals surface area contributed by atoms with Crippen LogP contribution in [0.4, 0.5) is 26.3 Å². The number of phosphoric ester groups is 2. The van der Waals surface area contributed by atoms with Crippen molar-refractivity contribution >= 4 is 15.6 Å². The molecule has 152 valence electrons. The molecule has 0 aliphatic heterocycles. The minimum Gasteiger partial charge on any atom is -0.303 e. The van der Waals surface area contributed by atoms with E-state index in [1.807, 2.05) is 0 Å². The Morgan fingerprint density at radius 1 is 0.880 bits per heavy atom. The molecule has 0 aromatic rings. The molecular weight excluding hydrogens is 412 g/mol. The number of rotatable bonds is 11. The average Bonchev–Trinajstić information content (AvgIpc) is 2.36. The molecule has 0 spiro atoms. The van der Waals surface area contributed by atoms with Crippen LogP contribution in [0.3, 0.4) is 0 Å². The second-order valence-electron chi connectivity index (χ2n) is 4.82. The van der Waals surface area contributed by atoms with Crippen molar-refractivity contribution in [2.75, 3.05) is 6.61 Å². The highest BCUT2D eigenvalue weighted by Crippen LogP contribution is 2.49. The SMILES string of the molecule is O=P(O)(O)OCCCCCC(OP(=O)(O)O)C(F)(C(F)F)C(F)(F)F. The van der Waals surface area contributed by atoms with Crippen LogP contribution in [0.15, 0.2) is 0 Å². The van der Waals surface area contributed by atoms with Crippen LogP contribution in [0.5, 0.6) is 0 Å². The maximum atomic E-state index is 13.9. The number of halogens is 6. The van der Waals surface area contributed by atoms with Gasteiger partial charge in [0.15, 0.2) is 0 Å². The average molecular weight is 428 g/mol. The van der Waals surface area contributed by atoms with E-state index in [9.17, 15) is 35.5 Å². The number of hydrogen-bond donors (Lipinski definition) is 4. The molecule has 0 saturated heterocycles. The molecule has 2 atom stereocenters. The van der Waals surface area contributed by atoms with Crippen molar-refractivity contribution in [1.29, 1.82) is 0 Å². The lowest BCUT2D eigenvalue weighted by Crippen LogP contribution is -2.56. The molecule has 8 nitrogen and oxygen atoms in total. The summed E-state index contributed by atoms with van der Waals surface area (Å²) in [7, 11) is -10.5. The molecule has 0 rings (SSSR count). The van der Waals surface area contributed by atoms with Crippen LogP contribution in [-0.2, 0) is 18.2 Å². The van der Waals surface area contributed by atoms with Crippen molar-refractivity contribution in [3.8, 4) is 0 Å². The molecule has 25 heavy (non-hydrogen) atoms. The van der Waals surface area contributed by atoms with Crippen molar-refractivity contribution in [2.24, 2.45) is 0 Å². The van der Waals surface area contributed by atoms with E-state index in [4.69, 9.17) is 19.6 Å². The van der Waals surface area contributed by atoms with Gasteiger partial charge in [0.25, 0.3) is 12.1 Å². The smallest absolute Gasteiger partial charge is 0.303 e. The van der Waals surface area contributed by atoms with Gasteiger partial charge in [-0.3, -0.25) is 9.05 Å². The molecule has 0 aromatic carbocycles. The Morgan fingerprint density at radius 3 is 1.76 bits per heavy atom. The fraction of sp³-hybridized carbons (Fsp3) is 1.00. The molecule has 0 aromatic heterocycles. The van der Waals surface area contributed by atoms with Crippen LogP contribution < -0.4 is 0 Å². The van der Waals surface area contributed by atoms with E-state index in [0.29, 0.717) is 0 Å². The quantitative estimate of drug-likeness (QED) is 0.224. The lowest BCUT2D eigenvalue weighted by Gasteiger charge is -2.34. The molecule has 16 heteroatoms. The van der Waals surface area contributed by atoms with Gasteiger partial charge in [-0.15, -0.1) is 0 Å². The fourth-order valence-electron chi connectivity index (χ4n) is 1.74. The Morgan fingerprint density at radius 2 is 1.40 bits per heavy atom. The van der Waals surface area contributed by atoms with Crippen molar-refractivity contribution < 1.29 is 64.1 Å². The molecule has 0 aliphatic carbocycles. The summed E-state index contributed by atoms with van der Waals surface area (Å²) in [6.07, 6.45) is -15.9. The van der Waals surface area contributed by atoms with Crippen LogP contribution in [-0.4, -0.2) is 50.6 Å². The van der Waals surface area contributed by atoms with Gasteiger partial charge in [0.1, 0.15) is 6.10 Å². The third kappa shape index (κ3) is 8.83. The Hall–Kier alpha value is -0.200. The van der Waals surface area contributed by atoms with Crippen LogP contribution in [0.25, 0.3) is 0 Å². The van der Waals surface area contributed by atoms with Gasteiger partial charge in [-0.2, -0.15) is 13.2 Å². The number of unbranched alkanes of at least 4 members (excludes halogenated alkanes) is 2. The summed E-state index contributed by atoms with van der Waals surface area (Å²) in [5.41, 5.74) is -5.31. The van der Waals surface area contributed by atoms with Gasteiger partial charge in [0.05, 0.1) is 6.61 Å². The van der Waals surface area contributed by atoms with Gasteiger partial charge >= 0.3 is 21.8 Å². The van der Waals surface area contributed by atoms with Crippen LogP contribution >= 0.6 is 15.6 Å². The summed E-state index contributed by atoms with van der Waals surface area (Å²) in [4.78, 5) is 33.8. The molecule has 0 radical (unpaired) electrons. The molecule has 0 bridgehead atoms. The van der Waals surface area contributed by atoms with Gasteiger partial charge < -0.3 is 19.6 Å². The second kappa shape index (κ2) is 9.14. The first-order valence-corrected chi connectivity index (χ1v) is 9.54. The maximum Gasteiger partial charge on any atom is 0.469 e. The zero-order valence-corrected chi connectivity index (χ0v) is 14.1. The number of hydrogen-bond acceptors (Lipinski definition) is 4. The normalized spacial score (nSPS) is 17.6. The summed E-state index contributed by atoms with van der Waals surface area (Å²) in [5, 5.41) is 0. The van der Waals surface area contributed by atoms with Gasteiger partial charge in [-0.05, 0) is 12.8 Å². The molecule has 0 saturated carbocycles. The summed E-state index contributed by atoms with van der Waals surface area (Å²) in [6, 6.07) is 0. The first kappa shape index (κ1) is 24.8. The largest absolute Gasteiger partial charge is 0.469 e. The van der Waals surface area contributed by atoms with Crippen molar-refractivity contribution in [3.05, 3.63) is 0 Å². The van der Waals surface area contributed by atoms with Crippen LogP contribution in [0.1, 0.15) is 25.7 Å². The Labute approximate surface area is 137 Å². The summed E-state index contributed by atoms with van der Waals surface area (Å²) in [6.45, 7) is -0.525. The van der Waals surface area contributed by atoms with E-state index in [1.165, 1.54) is 0 Å². The lowest BCUT2D eigenvalue weighted by molar-refractivity contribution is -0.294. The van der Waals surface area contributed by atoms with E-state index in [1.54, 1.807) is 0 Å². The predicted octanol–water partition coefficient (Wildman–Crippen LogP) is 2.67. The third-order valence-electron chi connectivity index (χ3n) is 2.86. The molecule has 0 amide bonds. The van der Waals surface area contributed by atoms with Gasteiger partial charge in [-0.1, -0.05) is 12.8 Å². The van der Waals surface area contributed by atoms with Crippen molar-refractivity contribution in [2.45, 2.75) is 50.1 Å². The third-order valence-corrected chi connectivity index (χ3v) is 3.90. The van der Waals surface area contributed by atoms with E-state index in [2.05, 4.69) is 9.05 Å². The van der Waals surface area contributed by atoms with Crippen molar-refractivity contribution in [3.63, 3.8) is 0 Å². The van der Waals surface area contributed by atoms with E-state index >= 15 is 0 Å². The number of alkyl halides is 6. The fourth-order valence-corrected chi connectivity index (χ4v) is 2.70. The van der Waals surface area contributed by atoms with E-state index < -0.39 is 59.5 Å². The summed E-state index contributed by atoms with van der Waals surface area (Å²) < 4.78 is 106. The number of phosphoric acid groups is 2. The van der Waals surface area contributed by atoms with Gasteiger partial charge in [-0.25, -0.2) is 22.3 Å². The highest BCUT2D eigenvalue weighted by atomic mass is 31.2. The minimum absolute atomic E-state index is 0.145. The first-order valence-electron chi connectivity index (χ1n) is 6.48. The van der Waals surface area contributed by atoms with Gasteiger partial charge in [0.2, 0.25) is 0 Å². The van der Waals surface area contributed by atoms with Crippen molar-refractivity contribution in [1.82, 2.24) is 0 Å². The second-order valence-corrected chi connectivity index (χ2v) is 7.26. The van der Waals surface area contributed by atoms with E-state index in [-0.39, 0.29) is 12.8 Å². The highest BCUT2D eigenvalue weighted by Gasteiger charge is 2.68. The lowest BCUT2D eigenvalue weighted by atomic mass is 9.94. The van der Waals surface area contributed by atoms with E-state index in [0.717, 1.165) is 0 Å². The van der Waals surface area contributed by atoms with Crippen LogP contribution in [0, 0.1) is 0 Å². The van der Waals surface area contributed by atoms with Gasteiger partial charge in [0, 0.05) is 0 Å². The monoisotopic (exact) mass is 428 g/mol. The Balaban J connectivity index is 4.96. The zero-order valence-electron chi connectivity index (χ0n) is 12.3. The standard InChI is InChI=1S/C9H16F6O8P2/c10-7(11)8(12,9(13,14)15)6(23-25(19,20)21)4-2-1-3-5-22-24(16,17)18/h6-7H,1-5H2,(H2,16,17,18)(H2,19,20,21). The molecule has 0 heterocycles. The topological polar surface area (TPSA) is 134 Å². The molecule has 0 aliphatic rings. The van der Waals surface area contributed by atoms with Crippen LogP contribution in [0.2, 0.25) is 0 Å². The molecule has 2 unspecified atom stereocenters. The molecular formula is C9H16F6O8P2. The molecule has 4 N–H and O–H groups in total. The minimum atomic E-state index is -6.16. The first-order chi connectivity index (χ1) is 11.0. The highest BCUT2D eigenvalue weighted by molar-refractivity contribution is 7.46. The zero-order chi connectivity index (χ0) is 20.1.